The SMILES string of the molecule is COc1cc(NC(=O)c2cc(S)cs2)cc(OC)c1OC. The molecule has 1 aromatic heterocycles. The number of thiophene rings is 1. The third kappa shape index (κ3) is 3.43. The fraction of sp³-hybridized carbons (Fsp3) is 0.214. The Balaban J connectivity index is 2.29. The van der Waals surface area contributed by atoms with Crippen LogP contribution in [0.4, 0.5) is 5.69 Å². The highest BCUT2D eigenvalue weighted by molar-refractivity contribution is 7.80. The number of carbonyl (C=O) groups excluding carboxylic acids is 1. The van der Waals surface area contributed by atoms with Gasteiger partial charge in [0, 0.05) is 28.1 Å². The number of hydrogen-bond donors (Lipinski definition) is 2. The van der Waals surface area contributed by atoms with Gasteiger partial charge in [-0.2, -0.15) is 0 Å². The van der Waals surface area contributed by atoms with Crippen LogP contribution in [-0.4, -0.2) is 27.2 Å². The third-order valence-corrected chi connectivity index (χ3v) is 4.09. The first-order chi connectivity index (χ1) is 10.1. The van der Waals surface area contributed by atoms with Gasteiger partial charge < -0.3 is 19.5 Å². The van der Waals surface area contributed by atoms with Crippen molar-refractivity contribution in [1.82, 2.24) is 0 Å². The van der Waals surface area contributed by atoms with E-state index < -0.39 is 0 Å². The Morgan fingerprint density at radius 3 is 2.14 bits per heavy atom. The molecule has 0 radical (unpaired) electrons. The lowest BCUT2D eigenvalue weighted by atomic mass is 10.2. The molecule has 1 N–H and O–H groups in total. The molecule has 112 valence electrons. The Morgan fingerprint density at radius 2 is 1.71 bits per heavy atom. The fourth-order valence-corrected chi connectivity index (χ4v) is 2.83. The maximum atomic E-state index is 12.1. The summed E-state index contributed by atoms with van der Waals surface area (Å²) in [7, 11) is 4.57. The van der Waals surface area contributed by atoms with Crippen molar-refractivity contribution in [1.29, 1.82) is 0 Å². The van der Waals surface area contributed by atoms with Crippen LogP contribution in [0.2, 0.25) is 0 Å². The van der Waals surface area contributed by atoms with Crippen LogP contribution in [0.25, 0.3) is 0 Å². The molecule has 0 saturated heterocycles. The van der Waals surface area contributed by atoms with E-state index in [4.69, 9.17) is 14.2 Å². The number of anilines is 1. The second kappa shape index (κ2) is 6.73. The number of carbonyl (C=O) groups is 1. The highest BCUT2D eigenvalue weighted by atomic mass is 32.1. The largest absolute Gasteiger partial charge is 0.493 e. The van der Waals surface area contributed by atoms with Gasteiger partial charge in [-0.05, 0) is 6.07 Å². The van der Waals surface area contributed by atoms with E-state index in [1.807, 2.05) is 0 Å². The quantitative estimate of drug-likeness (QED) is 0.828. The van der Waals surface area contributed by atoms with Crippen LogP contribution < -0.4 is 19.5 Å². The minimum atomic E-state index is -0.213. The van der Waals surface area contributed by atoms with Crippen LogP contribution >= 0.6 is 24.0 Å². The van der Waals surface area contributed by atoms with Crippen LogP contribution in [0.3, 0.4) is 0 Å². The molecule has 1 heterocycles. The molecule has 0 bridgehead atoms. The Hall–Kier alpha value is -1.86. The number of ether oxygens (including phenoxy) is 3. The monoisotopic (exact) mass is 325 g/mol. The molecule has 0 atom stereocenters. The molecule has 1 amide bonds. The predicted octanol–water partition coefficient (Wildman–Crippen LogP) is 3.31. The number of methoxy groups -OCH3 is 3. The number of rotatable bonds is 5. The first kappa shape index (κ1) is 15.5. The summed E-state index contributed by atoms with van der Waals surface area (Å²) in [6.45, 7) is 0. The number of hydrogen-bond acceptors (Lipinski definition) is 6. The van der Waals surface area contributed by atoms with Gasteiger partial charge in [0.1, 0.15) is 0 Å². The maximum Gasteiger partial charge on any atom is 0.265 e. The van der Waals surface area contributed by atoms with Crippen molar-refractivity contribution < 1.29 is 19.0 Å². The highest BCUT2D eigenvalue weighted by Crippen LogP contribution is 2.40. The Morgan fingerprint density at radius 1 is 1.10 bits per heavy atom. The molecule has 0 aliphatic heterocycles. The van der Waals surface area contributed by atoms with Crippen LogP contribution in [0.5, 0.6) is 17.2 Å². The highest BCUT2D eigenvalue weighted by Gasteiger charge is 2.15. The molecule has 21 heavy (non-hydrogen) atoms. The lowest BCUT2D eigenvalue weighted by molar-refractivity contribution is 0.103. The number of amides is 1. The zero-order valence-electron chi connectivity index (χ0n) is 11.8. The van der Waals surface area contributed by atoms with Crippen LogP contribution in [0.1, 0.15) is 9.67 Å². The molecule has 0 spiro atoms. The van der Waals surface area contributed by atoms with E-state index in [0.717, 1.165) is 4.90 Å². The molecule has 5 nitrogen and oxygen atoms in total. The minimum Gasteiger partial charge on any atom is -0.493 e. The van der Waals surface area contributed by atoms with E-state index in [-0.39, 0.29) is 5.91 Å². The maximum absolute atomic E-state index is 12.1. The molecule has 1 aromatic carbocycles. The minimum absolute atomic E-state index is 0.213. The first-order valence-corrected chi connectivity index (χ1v) is 7.30. The van der Waals surface area contributed by atoms with Gasteiger partial charge in [-0.1, -0.05) is 0 Å². The summed E-state index contributed by atoms with van der Waals surface area (Å²) < 4.78 is 15.7. The number of thiol groups is 1. The molecule has 2 rings (SSSR count). The topological polar surface area (TPSA) is 56.8 Å². The first-order valence-electron chi connectivity index (χ1n) is 5.98. The van der Waals surface area contributed by atoms with Gasteiger partial charge in [-0.3, -0.25) is 4.79 Å². The summed E-state index contributed by atoms with van der Waals surface area (Å²) in [5.41, 5.74) is 0.559. The van der Waals surface area contributed by atoms with Crippen molar-refractivity contribution in [2.24, 2.45) is 0 Å². The summed E-state index contributed by atoms with van der Waals surface area (Å²) in [5.74, 6) is 1.22. The Bertz CT molecular complexity index is 629. The molecular formula is C14H15NO4S2. The summed E-state index contributed by atoms with van der Waals surface area (Å²) in [5, 5.41) is 4.59. The van der Waals surface area contributed by atoms with Crippen molar-refractivity contribution in [3.63, 3.8) is 0 Å². The van der Waals surface area contributed by atoms with Gasteiger partial charge >= 0.3 is 0 Å². The summed E-state index contributed by atoms with van der Waals surface area (Å²) in [6, 6.07) is 5.06. The number of nitrogens with one attached hydrogen (secondary N) is 1. The average Bonchev–Trinajstić information content (AvgIpc) is 2.92. The summed E-state index contributed by atoms with van der Waals surface area (Å²) in [4.78, 5) is 13.5. The second-order valence-electron chi connectivity index (χ2n) is 4.04. The van der Waals surface area contributed by atoms with E-state index in [0.29, 0.717) is 27.8 Å². The molecule has 7 heteroatoms. The van der Waals surface area contributed by atoms with Crippen molar-refractivity contribution in [2.75, 3.05) is 26.6 Å². The van der Waals surface area contributed by atoms with E-state index >= 15 is 0 Å². The number of benzene rings is 1. The van der Waals surface area contributed by atoms with Crippen LogP contribution in [0, 0.1) is 0 Å². The van der Waals surface area contributed by atoms with E-state index in [1.165, 1.54) is 32.7 Å². The Labute approximate surface area is 132 Å². The molecule has 0 aliphatic rings. The molecular weight excluding hydrogens is 310 g/mol. The lowest BCUT2D eigenvalue weighted by Crippen LogP contribution is -2.10. The molecule has 0 fully saturated rings. The average molecular weight is 325 g/mol. The van der Waals surface area contributed by atoms with Crippen LogP contribution in [0.15, 0.2) is 28.5 Å². The van der Waals surface area contributed by atoms with Crippen molar-refractivity contribution >= 4 is 35.6 Å². The molecule has 0 aliphatic carbocycles. The van der Waals surface area contributed by atoms with Gasteiger partial charge in [-0.15, -0.1) is 24.0 Å². The zero-order valence-corrected chi connectivity index (χ0v) is 13.5. The smallest absolute Gasteiger partial charge is 0.265 e. The van der Waals surface area contributed by atoms with Crippen molar-refractivity contribution in [3.8, 4) is 17.2 Å². The van der Waals surface area contributed by atoms with Crippen LogP contribution in [-0.2, 0) is 0 Å². The van der Waals surface area contributed by atoms with Gasteiger partial charge in [0.05, 0.1) is 26.2 Å². The third-order valence-electron chi connectivity index (χ3n) is 2.73. The van der Waals surface area contributed by atoms with Gasteiger partial charge in [-0.25, -0.2) is 0 Å². The lowest BCUT2D eigenvalue weighted by Gasteiger charge is -2.14. The van der Waals surface area contributed by atoms with Crippen molar-refractivity contribution in [2.45, 2.75) is 4.90 Å². The summed E-state index contributed by atoms with van der Waals surface area (Å²) >= 11 is 5.52. The predicted molar refractivity (Wildman–Crippen MR) is 85.6 cm³/mol. The van der Waals surface area contributed by atoms with Gasteiger partial charge in [0.15, 0.2) is 11.5 Å². The van der Waals surface area contributed by atoms with Crippen molar-refractivity contribution in [3.05, 3.63) is 28.5 Å². The molecule has 0 saturated carbocycles. The Kier molecular flexibility index (Phi) is 4.98. The van der Waals surface area contributed by atoms with Gasteiger partial charge in [0.25, 0.3) is 5.91 Å². The normalized spacial score (nSPS) is 10.1. The summed E-state index contributed by atoms with van der Waals surface area (Å²) in [6.07, 6.45) is 0. The second-order valence-corrected chi connectivity index (χ2v) is 5.46. The van der Waals surface area contributed by atoms with E-state index in [2.05, 4.69) is 17.9 Å². The molecule has 2 aromatic rings. The molecule has 0 unspecified atom stereocenters. The zero-order chi connectivity index (χ0) is 15.4. The van der Waals surface area contributed by atoms with E-state index in [1.54, 1.807) is 23.6 Å². The fourth-order valence-electron chi connectivity index (χ4n) is 1.79. The standard InChI is InChI=1S/C14H15NO4S2/c1-17-10-4-8(5-11(18-2)13(10)19-3)15-14(16)12-6-9(20)7-21-12/h4-7,20H,1-3H3,(H,15,16). The van der Waals surface area contributed by atoms with E-state index in [9.17, 15) is 4.79 Å². The van der Waals surface area contributed by atoms with Gasteiger partial charge in [0.2, 0.25) is 5.75 Å².